The highest BCUT2D eigenvalue weighted by Gasteiger charge is 2.06. The molecule has 0 N–H and O–H groups in total. The quantitative estimate of drug-likeness (QED) is 0.338. The van der Waals surface area contributed by atoms with Crippen molar-refractivity contribution in [2.45, 2.75) is 52.4 Å². The maximum Gasteiger partial charge on any atom is -0.0149 e. The average Bonchev–Trinajstić information content (AvgIpc) is 2.77. The van der Waals surface area contributed by atoms with Crippen molar-refractivity contribution in [3.05, 3.63) is 96.1 Å². The molecule has 0 aliphatic carbocycles. The van der Waals surface area contributed by atoms with Crippen molar-refractivity contribution < 1.29 is 0 Å². The molecule has 0 saturated carbocycles. The van der Waals surface area contributed by atoms with E-state index in [0.717, 1.165) is 0 Å². The Morgan fingerprint density at radius 1 is 0.571 bits per heavy atom. The van der Waals surface area contributed by atoms with Crippen LogP contribution in [0, 0.1) is 0 Å². The second-order valence-corrected chi connectivity index (χ2v) is 7.79. The second kappa shape index (κ2) is 9.55. The molecule has 0 spiro atoms. The van der Waals surface area contributed by atoms with Gasteiger partial charge in [-0.05, 0) is 57.3 Å². The highest BCUT2D eigenvalue weighted by atomic mass is 14.1. The summed E-state index contributed by atoms with van der Waals surface area (Å²) in [5.74, 6) is 1.32. The van der Waals surface area contributed by atoms with E-state index in [9.17, 15) is 0 Å². The van der Waals surface area contributed by atoms with Crippen molar-refractivity contribution in [3.8, 4) is 0 Å². The molecule has 144 valence electrons. The molecule has 0 heterocycles. The molecule has 2 unspecified atom stereocenters. The van der Waals surface area contributed by atoms with Gasteiger partial charge in [-0.3, -0.25) is 0 Å². The van der Waals surface area contributed by atoms with Crippen molar-refractivity contribution in [1.82, 2.24) is 0 Å². The molecular weight excluding hydrogens is 336 g/mol. The van der Waals surface area contributed by atoms with E-state index >= 15 is 0 Å². The molecule has 0 fully saturated rings. The van der Waals surface area contributed by atoms with Gasteiger partial charge in [0.1, 0.15) is 0 Å². The molecule has 0 amide bonds. The minimum atomic E-state index is 0.654. The summed E-state index contributed by atoms with van der Waals surface area (Å²) in [5.41, 5.74) is 2.93. The summed E-state index contributed by atoms with van der Waals surface area (Å²) in [7, 11) is 0. The first-order valence-electron chi connectivity index (χ1n) is 10.6. The van der Waals surface area contributed by atoms with Crippen LogP contribution >= 0.6 is 0 Å². The van der Waals surface area contributed by atoms with Crippen LogP contribution in [0.1, 0.15) is 63.5 Å². The smallest absolute Gasteiger partial charge is 0.0149 e. The lowest BCUT2D eigenvalue weighted by atomic mass is 9.93. The van der Waals surface area contributed by atoms with Crippen molar-refractivity contribution >= 4 is 21.5 Å². The Bertz CT molecular complexity index is 1020. The SMILES string of the molecule is CCC(C)c1ccc2ccccc2c1.CCC(C)c1cccc2ccccc12. The van der Waals surface area contributed by atoms with E-state index in [2.05, 4.69) is 113 Å². The lowest BCUT2D eigenvalue weighted by molar-refractivity contribution is 0.735. The third-order valence-corrected chi connectivity index (χ3v) is 5.92. The molecule has 0 saturated heterocycles. The summed E-state index contributed by atoms with van der Waals surface area (Å²) in [6.45, 7) is 9.05. The molecule has 4 aromatic carbocycles. The van der Waals surface area contributed by atoms with Crippen LogP contribution in [-0.2, 0) is 0 Å². The van der Waals surface area contributed by atoms with Crippen LogP contribution in [0.2, 0.25) is 0 Å². The minimum Gasteiger partial charge on any atom is -0.0648 e. The molecule has 2 atom stereocenters. The van der Waals surface area contributed by atoms with Gasteiger partial charge in [0.2, 0.25) is 0 Å². The summed E-state index contributed by atoms with van der Waals surface area (Å²) in [5, 5.41) is 5.44. The summed E-state index contributed by atoms with van der Waals surface area (Å²) in [6, 6.07) is 30.5. The first kappa shape index (κ1) is 20.1. The normalized spacial score (nSPS) is 13.0. The summed E-state index contributed by atoms with van der Waals surface area (Å²) >= 11 is 0. The molecular formula is C28H32. The lowest BCUT2D eigenvalue weighted by Crippen LogP contribution is -1.92. The van der Waals surface area contributed by atoms with Crippen LogP contribution in [-0.4, -0.2) is 0 Å². The van der Waals surface area contributed by atoms with Gasteiger partial charge in [0.05, 0.1) is 0 Å². The third kappa shape index (κ3) is 4.62. The van der Waals surface area contributed by atoms with E-state index in [1.165, 1.54) is 45.5 Å². The molecule has 0 aromatic heterocycles. The molecule has 4 rings (SSSR count). The van der Waals surface area contributed by atoms with Gasteiger partial charge in [-0.15, -0.1) is 0 Å². The Hall–Kier alpha value is -2.60. The third-order valence-electron chi connectivity index (χ3n) is 5.92. The largest absolute Gasteiger partial charge is 0.0648 e. The van der Waals surface area contributed by atoms with Gasteiger partial charge in [0.15, 0.2) is 0 Å². The molecule has 0 radical (unpaired) electrons. The Kier molecular flexibility index (Phi) is 6.87. The Morgan fingerprint density at radius 2 is 1.18 bits per heavy atom. The second-order valence-electron chi connectivity index (χ2n) is 7.79. The number of benzene rings is 4. The number of fused-ring (bicyclic) bond motifs is 2. The fourth-order valence-electron chi connectivity index (χ4n) is 3.65. The van der Waals surface area contributed by atoms with Crippen molar-refractivity contribution in [2.24, 2.45) is 0 Å². The van der Waals surface area contributed by atoms with E-state index in [-0.39, 0.29) is 0 Å². The van der Waals surface area contributed by atoms with Crippen molar-refractivity contribution in [1.29, 1.82) is 0 Å². The van der Waals surface area contributed by atoms with Gasteiger partial charge in [-0.25, -0.2) is 0 Å². The van der Waals surface area contributed by atoms with Gasteiger partial charge in [-0.1, -0.05) is 113 Å². The van der Waals surface area contributed by atoms with E-state index in [1.807, 2.05) is 0 Å². The zero-order valence-electron chi connectivity index (χ0n) is 17.7. The number of rotatable bonds is 4. The van der Waals surface area contributed by atoms with Crippen LogP contribution < -0.4 is 0 Å². The predicted octanol–water partition coefficient (Wildman–Crippen LogP) is 8.71. The maximum atomic E-state index is 2.31. The van der Waals surface area contributed by atoms with Gasteiger partial charge in [0, 0.05) is 0 Å². The molecule has 0 nitrogen and oxygen atoms in total. The Balaban J connectivity index is 0.000000161. The predicted molar refractivity (Wildman–Crippen MR) is 125 cm³/mol. The standard InChI is InChI=1S/2C14H16/c1-3-11(2)13-10-6-8-12-7-4-5-9-14(12)13;1-3-11(2)13-9-8-12-6-4-5-7-14(12)10-13/h2*4-11H,3H2,1-2H3. The fraction of sp³-hybridized carbons (Fsp3) is 0.286. The number of hydrogen-bond donors (Lipinski definition) is 0. The molecule has 0 bridgehead atoms. The van der Waals surface area contributed by atoms with Crippen molar-refractivity contribution in [3.63, 3.8) is 0 Å². The Labute approximate surface area is 170 Å². The first-order chi connectivity index (χ1) is 13.6. The van der Waals surface area contributed by atoms with E-state index in [1.54, 1.807) is 0 Å². The van der Waals surface area contributed by atoms with Gasteiger partial charge in [0.25, 0.3) is 0 Å². The zero-order chi connectivity index (χ0) is 19.9. The highest BCUT2D eigenvalue weighted by molar-refractivity contribution is 5.86. The van der Waals surface area contributed by atoms with Crippen LogP contribution in [0.15, 0.2) is 84.9 Å². The number of hydrogen-bond acceptors (Lipinski definition) is 0. The van der Waals surface area contributed by atoms with Crippen LogP contribution in [0.25, 0.3) is 21.5 Å². The van der Waals surface area contributed by atoms with Gasteiger partial charge < -0.3 is 0 Å². The highest BCUT2D eigenvalue weighted by Crippen LogP contribution is 2.27. The summed E-state index contributed by atoms with van der Waals surface area (Å²) < 4.78 is 0. The Morgan fingerprint density at radius 3 is 1.89 bits per heavy atom. The topological polar surface area (TPSA) is 0 Å². The average molecular weight is 369 g/mol. The molecule has 0 aliphatic rings. The van der Waals surface area contributed by atoms with E-state index < -0.39 is 0 Å². The van der Waals surface area contributed by atoms with E-state index in [4.69, 9.17) is 0 Å². The molecule has 0 heteroatoms. The van der Waals surface area contributed by atoms with Crippen LogP contribution in [0.5, 0.6) is 0 Å². The van der Waals surface area contributed by atoms with Crippen LogP contribution in [0.3, 0.4) is 0 Å². The monoisotopic (exact) mass is 368 g/mol. The fourth-order valence-corrected chi connectivity index (χ4v) is 3.65. The zero-order valence-corrected chi connectivity index (χ0v) is 17.7. The van der Waals surface area contributed by atoms with Crippen molar-refractivity contribution in [2.75, 3.05) is 0 Å². The molecule has 0 aliphatic heterocycles. The molecule has 4 aromatic rings. The minimum absolute atomic E-state index is 0.654. The van der Waals surface area contributed by atoms with E-state index in [0.29, 0.717) is 11.8 Å². The first-order valence-corrected chi connectivity index (χ1v) is 10.6. The van der Waals surface area contributed by atoms with Gasteiger partial charge in [-0.2, -0.15) is 0 Å². The van der Waals surface area contributed by atoms with Crippen LogP contribution in [0.4, 0.5) is 0 Å². The lowest BCUT2D eigenvalue weighted by Gasteiger charge is -2.12. The maximum absolute atomic E-state index is 2.31. The summed E-state index contributed by atoms with van der Waals surface area (Å²) in [4.78, 5) is 0. The molecule has 28 heavy (non-hydrogen) atoms. The van der Waals surface area contributed by atoms with Gasteiger partial charge >= 0.3 is 0 Å². The summed E-state index contributed by atoms with van der Waals surface area (Å²) in [6.07, 6.45) is 2.41.